The summed E-state index contributed by atoms with van der Waals surface area (Å²) in [4.78, 5) is 31.9. The molecule has 0 atom stereocenters. The lowest BCUT2D eigenvalue weighted by atomic mass is 10.2. The summed E-state index contributed by atoms with van der Waals surface area (Å²) in [6.07, 6.45) is 4.24. The average Bonchev–Trinajstić information content (AvgIpc) is 2.88. The third-order valence-corrected chi connectivity index (χ3v) is 6.54. The number of benzene rings is 1. The van der Waals surface area contributed by atoms with Crippen LogP contribution in [0.3, 0.4) is 0 Å². The zero-order valence-electron chi connectivity index (χ0n) is 22.3. The van der Waals surface area contributed by atoms with Gasteiger partial charge >= 0.3 is 5.97 Å². The Morgan fingerprint density at radius 3 is 2.22 bits per heavy atom. The van der Waals surface area contributed by atoms with E-state index in [1.54, 1.807) is 0 Å². The van der Waals surface area contributed by atoms with Gasteiger partial charge in [0.25, 0.3) is 0 Å². The van der Waals surface area contributed by atoms with Crippen LogP contribution < -0.4 is 16.4 Å². The zero-order valence-corrected chi connectivity index (χ0v) is 22.3. The Kier molecular flexibility index (Phi) is 16.0. The van der Waals surface area contributed by atoms with Crippen molar-refractivity contribution in [1.82, 2.24) is 25.3 Å². The number of unbranched alkanes of at least 4 members (excludes halogenated alkanes) is 3. The lowest BCUT2D eigenvalue weighted by Gasteiger charge is -2.30. The number of carbonyl (C=O) groups excluding carboxylic acids is 2. The normalized spacial score (nSPS) is 17.2. The predicted octanol–water partition coefficient (Wildman–Crippen LogP) is 0.894. The Labute approximate surface area is 217 Å². The first-order valence-electron chi connectivity index (χ1n) is 13.6. The smallest absolute Gasteiger partial charge is 0.320 e. The van der Waals surface area contributed by atoms with E-state index in [2.05, 4.69) is 32.3 Å². The molecule has 0 radical (unpaired) electrons. The maximum Gasteiger partial charge on any atom is 0.320 e. The summed E-state index contributed by atoms with van der Waals surface area (Å²) in [6.45, 7) is 12.2. The second-order valence-corrected chi connectivity index (χ2v) is 9.44. The first-order chi connectivity index (χ1) is 17.6. The van der Waals surface area contributed by atoms with Crippen molar-refractivity contribution in [3.05, 3.63) is 35.9 Å². The number of esters is 1. The summed E-state index contributed by atoms with van der Waals surface area (Å²) in [5, 5.41) is 6.56. The summed E-state index contributed by atoms with van der Waals surface area (Å²) >= 11 is 0. The number of rotatable bonds is 13. The highest BCUT2D eigenvalue weighted by Crippen LogP contribution is 2.03. The number of ether oxygens (including phenoxy) is 1. The van der Waals surface area contributed by atoms with Gasteiger partial charge < -0.3 is 26.0 Å². The van der Waals surface area contributed by atoms with Crippen LogP contribution in [-0.4, -0.2) is 112 Å². The molecule has 9 heteroatoms. The van der Waals surface area contributed by atoms with Gasteiger partial charge in [-0.05, 0) is 31.5 Å². The van der Waals surface area contributed by atoms with Crippen LogP contribution in [0.5, 0.6) is 0 Å². The standard InChI is InChI=1S/C27H48N6O3/c1-2-31-16-14-29-15-17-32(23-27(35)36-24-25-10-6-5-7-11-25)20-21-33(19-18-31)22-26(34)30-13-9-4-3-8-12-28/h5-7,10-11,29H,2-4,8-9,12-24,28H2,1H3,(H,30,34). The molecule has 0 bridgehead atoms. The van der Waals surface area contributed by atoms with Gasteiger partial charge in [0.1, 0.15) is 6.61 Å². The van der Waals surface area contributed by atoms with Gasteiger partial charge in [0.2, 0.25) is 5.91 Å². The number of likely N-dealkylation sites (N-methyl/N-ethyl adjacent to an activating group) is 1. The van der Waals surface area contributed by atoms with Gasteiger partial charge in [0, 0.05) is 58.9 Å². The van der Waals surface area contributed by atoms with Gasteiger partial charge in [0.15, 0.2) is 0 Å². The molecule has 0 saturated carbocycles. The molecule has 0 unspecified atom stereocenters. The fraction of sp³-hybridized carbons (Fsp3) is 0.704. The number of hydrogen-bond acceptors (Lipinski definition) is 8. The fourth-order valence-corrected chi connectivity index (χ4v) is 4.21. The monoisotopic (exact) mass is 504 g/mol. The van der Waals surface area contributed by atoms with Crippen LogP contribution in [0.15, 0.2) is 30.3 Å². The molecule has 204 valence electrons. The quantitative estimate of drug-likeness (QED) is 0.269. The minimum atomic E-state index is -0.220. The van der Waals surface area contributed by atoms with Crippen molar-refractivity contribution in [2.24, 2.45) is 5.73 Å². The van der Waals surface area contributed by atoms with Crippen LogP contribution >= 0.6 is 0 Å². The summed E-state index contributed by atoms with van der Waals surface area (Å²) in [6, 6.07) is 9.74. The highest BCUT2D eigenvalue weighted by molar-refractivity contribution is 5.78. The number of nitrogens with one attached hydrogen (secondary N) is 2. The van der Waals surface area contributed by atoms with E-state index in [9.17, 15) is 9.59 Å². The molecule has 0 aromatic heterocycles. The Balaban J connectivity index is 1.85. The molecular formula is C27H48N6O3. The molecule has 1 saturated heterocycles. The lowest BCUT2D eigenvalue weighted by molar-refractivity contribution is -0.146. The van der Waals surface area contributed by atoms with Crippen LogP contribution in [0.1, 0.15) is 38.2 Å². The van der Waals surface area contributed by atoms with E-state index in [1.165, 1.54) is 0 Å². The van der Waals surface area contributed by atoms with Gasteiger partial charge in [-0.25, -0.2) is 0 Å². The van der Waals surface area contributed by atoms with Gasteiger partial charge in [0.05, 0.1) is 13.1 Å². The molecule has 1 aromatic rings. The van der Waals surface area contributed by atoms with E-state index in [0.29, 0.717) is 19.6 Å². The van der Waals surface area contributed by atoms with Crippen molar-refractivity contribution in [1.29, 1.82) is 0 Å². The number of nitrogens with two attached hydrogens (primary N) is 1. The molecule has 1 amide bonds. The molecule has 9 nitrogen and oxygen atoms in total. The third-order valence-electron chi connectivity index (χ3n) is 6.54. The van der Waals surface area contributed by atoms with E-state index in [0.717, 1.165) is 90.1 Å². The molecule has 1 fully saturated rings. The molecule has 4 N–H and O–H groups in total. The largest absolute Gasteiger partial charge is 0.460 e. The Hall–Kier alpha value is -2.04. The minimum absolute atomic E-state index is 0.0689. The first-order valence-corrected chi connectivity index (χ1v) is 13.6. The third kappa shape index (κ3) is 13.9. The predicted molar refractivity (Wildman–Crippen MR) is 145 cm³/mol. The van der Waals surface area contributed by atoms with E-state index in [-0.39, 0.29) is 25.0 Å². The summed E-state index contributed by atoms with van der Waals surface area (Å²) in [7, 11) is 0. The van der Waals surface area contributed by atoms with Crippen LogP contribution in [0.4, 0.5) is 0 Å². The van der Waals surface area contributed by atoms with E-state index < -0.39 is 0 Å². The highest BCUT2D eigenvalue weighted by Gasteiger charge is 2.17. The van der Waals surface area contributed by atoms with E-state index in [1.807, 2.05) is 30.3 Å². The Morgan fingerprint density at radius 2 is 1.53 bits per heavy atom. The number of hydrogen-bond donors (Lipinski definition) is 3. The van der Waals surface area contributed by atoms with Crippen LogP contribution in [0.2, 0.25) is 0 Å². The second kappa shape index (κ2) is 19.1. The highest BCUT2D eigenvalue weighted by atomic mass is 16.5. The van der Waals surface area contributed by atoms with Gasteiger partial charge in [-0.15, -0.1) is 0 Å². The number of amides is 1. The van der Waals surface area contributed by atoms with Crippen LogP contribution in [0, 0.1) is 0 Å². The van der Waals surface area contributed by atoms with Crippen molar-refractivity contribution in [2.75, 3.05) is 85.1 Å². The molecule has 0 aliphatic carbocycles. The fourth-order valence-electron chi connectivity index (χ4n) is 4.21. The van der Waals surface area contributed by atoms with Crippen LogP contribution in [-0.2, 0) is 20.9 Å². The topological polar surface area (TPSA) is 103 Å². The zero-order chi connectivity index (χ0) is 25.8. The number of nitrogens with zero attached hydrogens (tertiary/aromatic N) is 3. The van der Waals surface area contributed by atoms with Crippen molar-refractivity contribution in [2.45, 2.75) is 39.2 Å². The van der Waals surface area contributed by atoms with E-state index >= 15 is 0 Å². The van der Waals surface area contributed by atoms with Gasteiger partial charge in [-0.2, -0.15) is 0 Å². The van der Waals surface area contributed by atoms with Crippen molar-refractivity contribution in [3.63, 3.8) is 0 Å². The van der Waals surface area contributed by atoms with Gasteiger partial charge in [-0.3, -0.25) is 19.4 Å². The maximum atomic E-state index is 12.6. The van der Waals surface area contributed by atoms with Crippen LogP contribution in [0.25, 0.3) is 0 Å². The molecule has 1 aromatic carbocycles. The maximum absolute atomic E-state index is 12.6. The number of carbonyl (C=O) groups is 2. The molecule has 2 rings (SSSR count). The SMILES string of the molecule is CCN1CCNCCN(CC(=O)OCc2ccccc2)CCN(CC(=O)NCCCCCCN)CC1. The first kappa shape index (κ1) is 30.2. The minimum Gasteiger partial charge on any atom is -0.460 e. The second-order valence-electron chi connectivity index (χ2n) is 9.44. The summed E-state index contributed by atoms with van der Waals surface area (Å²) in [5.74, 6) is -0.151. The van der Waals surface area contributed by atoms with Crippen molar-refractivity contribution in [3.8, 4) is 0 Å². The van der Waals surface area contributed by atoms with Crippen molar-refractivity contribution >= 4 is 11.9 Å². The van der Waals surface area contributed by atoms with Crippen molar-refractivity contribution < 1.29 is 14.3 Å². The molecule has 1 aliphatic rings. The lowest BCUT2D eigenvalue weighted by Crippen LogP contribution is -2.48. The summed E-state index contributed by atoms with van der Waals surface area (Å²) in [5.41, 5.74) is 6.53. The van der Waals surface area contributed by atoms with E-state index in [4.69, 9.17) is 10.5 Å². The molecular weight excluding hydrogens is 456 g/mol. The molecule has 1 aliphatic heterocycles. The molecule has 0 spiro atoms. The average molecular weight is 505 g/mol. The molecule has 36 heavy (non-hydrogen) atoms. The Morgan fingerprint density at radius 1 is 0.889 bits per heavy atom. The Bertz CT molecular complexity index is 721. The summed E-state index contributed by atoms with van der Waals surface area (Å²) < 4.78 is 5.51. The molecule has 1 heterocycles. The van der Waals surface area contributed by atoms with Gasteiger partial charge in [-0.1, -0.05) is 50.1 Å².